The number of hydrogen-bond acceptors (Lipinski definition) is 6. The topological polar surface area (TPSA) is 105 Å². The third-order valence-corrected chi connectivity index (χ3v) is 3.22. The van der Waals surface area contributed by atoms with Gasteiger partial charge in [0.2, 0.25) is 5.82 Å². The maximum Gasteiger partial charge on any atom is 0.215 e. The van der Waals surface area contributed by atoms with Gasteiger partial charge < -0.3 is 9.52 Å². The van der Waals surface area contributed by atoms with Gasteiger partial charge in [0.15, 0.2) is 11.5 Å². The van der Waals surface area contributed by atoms with Crippen molar-refractivity contribution in [2.45, 2.75) is 13.3 Å². The number of aryl methyl sites for hydroxylation is 1. The van der Waals surface area contributed by atoms with Crippen LogP contribution in [0.5, 0.6) is 0 Å². The summed E-state index contributed by atoms with van der Waals surface area (Å²) >= 11 is 0. The number of rotatable bonds is 5. The summed E-state index contributed by atoms with van der Waals surface area (Å²) in [5.74, 6) is 0.563. The summed E-state index contributed by atoms with van der Waals surface area (Å²) in [5.41, 5.74) is 1.38. The van der Waals surface area contributed by atoms with Gasteiger partial charge in [0.05, 0.1) is 5.56 Å². The molecule has 0 fully saturated rings. The molecule has 3 rings (SSSR count). The molecule has 0 spiro atoms. The third-order valence-electron chi connectivity index (χ3n) is 3.22. The van der Waals surface area contributed by atoms with Crippen molar-refractivity contribution < 1.29 is 14.3 Å². The molecule has 0 aromatic carbocycles. The van der Waals surface area contributed by atoms with E-state index in [-0.39, 0.29) is 17.4 Å². The van der Waals surface area contributed by atoms with Crippen molar-refractivity contribution in [2.75, 3.05) is 0 Å². The summed E-state index contributed by atoms with van der Waals surface area (Å²) < 4.78 is 5.62. The van der Waals surface area contributed by atoms with Crippen molar-refractivity contribution >= 4 is 11.5 Å². The number of ketones is 1. The van der Waals surface area contributed by atoms with E-state index in [0.29, 0.717) is 23.5 Å². The highest BCUT2D eigenvalue weighted by atomic mass is 16.3. The lowest BCUT2D eigenvalue weighted by molar-refractivity contribution is 0.104. The lowest BCUT2D eigenvalue weighted by Gasteiger charge is -2.00. The molecule has 116 valence electrons. The van der Waals surface area contributed by atoms with Crippen LogP contribution in [-0.4, -0.2) is 31.1 Å². The second-order valence-electron chi connectivity index (χ2n) is 4.94. The van der Waals surface area contributed by atoms with Crippen LogP contribution >= 0.6 is 0 Å². The molecule has 3 aromatic rings. The molecule has 0 aliphatic heterocycles. The fourth-order valence-electron chi connectivity index (χ4n) is 2.19. The molecule has 0 aliphatic rings. The van der Waals surface area contributed by atoms with Gasteiger partial charge >= 0.3 is 0 Å². The Hall–Kier alpha value is -3.22. The Morgan fingerprint density at radius 2 is 2.17 bits per heavy atom. The maximum atomic E-state index is 12.4. The minimum atomic E-state index is -0.367. The van der Waals surface area contributed by atoms with Gasteiger partial charge in [-0.1, -0.05) is 0 Å². The fourth-order valence-corrected chi connectivity index (χ4v) is 2.19. The van der Waals surface area contributed by atoms with Gasteiger partial charge in [-0.25, -0.2) is 4.98 Å². The van der Waals surface area contributed by atoms with E-state index in [4.69, 9.17) is 4.42 Å². The largest absolute Gasteiger partial charge is 0.504 e. The van der Waals surface area contributed by atoms with Crippen LogP contribution in [0.3, 0.4) is 0 Å². The highest BCUT2D eigenvalue weighted by Crippen LogP contribution is 2.20. The van der Waals surface area contributed by atoms with Crippen LogP contribution in [0.1, 0.15) is 33.3 Å². The SMILES string of the molecule is Cc1cc(C(=O)C=C(O)c2nc[nH]n2)c(Cc2ccncc2)o1. The van der Waals surface area contributed by atoms with Gasteiger partial charge in [0, 0.05) is 24.9 Å². The predicted octanol–water partition coefficient (Wildman–Crippen LogP) is 2.47. The zero-order valence-electron chi connectivity index (χ0n) is 12.4. The summed E-state index contributed by atoms with van der Waals surface area (Å²) in [6, 6.07) is 5.36. The average molecular weight is 310 g/mol. The van der Waals surface area contributed by atoms with Crippen LogP contribution in [0.15, 0.2) is 47.4 Å². The molecule has 0 radical (unpaired) electrons. The number of nitrogens with one attached hydrogen (secondary N) is 1. The fraction of sp³-hybridized carbons (Fsp3) is 0.125. The zero-order chi connectivity index (χ0) is 16.2. The highest BCUT2D eigenvalue weighted by molar-refractivity contribution is 6.08. The Morgan fingerprint density at radius 1 is 1.39 bits per heavy atom. The Kier molecular flexibility index (Phi) is 4.01. The number of allylic oxidation sites excluding steroid dienone is 1. The van der Waals surface area contributed by atoms with E-state index in [9.17, 15) is 9.90 Å². The zero-order valence-corrected chi connectivity index (χ0v) is 12.4. The van der Waals surface area contributed by atoms with Gasteiger partial charge in [0.25, 0.3) is 0 Å². The number of aromatic amines is 1. The molecule has 2 N–H and O–H groups in total. The highest BCUT2D eigenvalue weighted by Gasteiger charge is 2.17. The van der Waals surface area contributed by atoms with E-state index in [2.05, 4.69) is 20.2 Å². The first-order chi connectivity index (χ1) is 11.1. The standard InChI is InChI=1S/C16H14N4O3/c1-10-6-12(13(21)8-14(22)16-18-9-19-20-16)15(23-10)7-11-2-4-17-5-3-11/h2-6,8-9,22H,7H2,1H3,(H,18,19,20). The summed E-state index contributed by atoms with van der Waals surface area (Å²) in [4.78, 5) is 20.2. The molecule has 0 saturated heterocycles. The molecule has 7 heteroatoms. The molecule has 0 amide bonds. The number of H-pyrrole nitrogens is 1. The summed E-state index contributed by atoms with van der Waals surface area (Å²) in [6.45, 7) is 1.77. The minimum absolute atomic E-state index is 0.0641. The van der Waals surface area contributed by atoms with Crippen molar-refractivity contribution in [2.24, 2.45) is 0 Å². The molecule has 0 saturated carbocycles. The lowest BCUT2D eigenvalue weighted by Crippen LogP contribution is -2.00. The van der Waals surface area contributed by atoms with Crippen molar-refractivity contribution in [3.8, 4) is 0 Å². The number of carbonyl (C=O) groups excluding carboxylic acids is 1. The Balaban J connectivity index is 1.88. The first kappa shape index (κ1) is 14.7. The van der Waals surface area contributed by atoms with Crippen LogP contribution in [-0.2, 0) is 6.42 Å². The van der Waals surface area contributed by atoms with Crippen molar-refractivity contribution in [3.63, 3.8) is 0 Å². The molecule has 3 aromatic heterocycles. The number of aliphatic hydroxyl groups excluding tert-OH is 1. The van der Waals surface area contributed by atoms with Crippen LogP contribution in [0.25, 0.3) is 5.76 Å². The monoisotopic (exact) mass is 310 g/mol. The summed E-state index contributed by atoms with van der Waals surface area (Å²) in [6.07, 6.45) is 6.24. The summed E-state index contributed by atoms with van der Waals surface area (Å²) in [7, 11) is 0. The van der Waals surface area contributed by atoms with Gasteiger partial charge in [-0.3, -0.25) is 14.9 Å². The molecular formula is C16H14N4O3. The number of aromatic nitrogens is 4. The number of carbonyl (C=O) groups is 1. The van der Waals surface area contributed by atoms with Gasteiger partial charge in [-0.2, -0.15) is 5.10 Å². The van der Waals surface area contributed by atoms with E-state index in [1.165, 1.54) is 6.33 Å². The first-order valence-corrected chi connectivity index (χ1v) is 6.93. The normalized spacial score (nSPS) is 11.6. The molecule has 0 aliphatic carbocycles. The van der Waals surface area contributed by atoms with Gasteiger partial charge in [0.1, 0.15) is 17.8 Å². The van der Waals surface area contributed by atoms with E-state index in [1.807, 2.05) is 12.1 Å². The van der Waals surface area contributed by atoms with Crippen LogP contribution in [0.2, 0.25) is 0 Å². The van der Waals surface area contributed by atoms with E-state index >= 15 is 0 Å². The Bertz CT molecular complexity index is 836. The first-order valence-electron chi connectivity index (χ1n) is 6.93. The van der Waals surface area contributed by atoms with Crippen molar-refractivity contribution in [3.05, 3.63) is 71.5 Å². The number of furan rings is 1. The molecule has 0 atom stereocenters. The van der Waals surface area contributed by atoms with Crippen LogP contribution in [0, 0.1) is 6.92 Å². The van der Waals surface area contributed by atoms with Crippen LogP contribution in [0.4, 0.5) is 0 Å². The number of nitrogens with zero attached hydrogens (tertiary/aromatic N) is 3. The van der Waals surface area contributed by atoms with E-state index in [1.54, 1.807) is 25.4 Å². The molecule has 0 bridgehead atoms. The quantitative estimate of drug-likeness (QED) is 0.426. The van der Waals surface area contributed by atoms with Crippen molar-refractivity contribution in [1.29, 1.82) is 0 Å². The molecule has 3 heterocycles. The molecule has 7 nitrogen and oxygen atoms in total. The lowest BCUT2D eigenvalue weighted by atomic mass is 10.1. The second kappa shape index (κ2) is 6.27. The van der Waals surface area contributed by atoms with Crippen LogP contribution < -0.4 is 0 Å². The summed E-state index contributed by atoms with van der Waals surface area (Å²) in [5, 5.41) is 16.1. The molecule has 0 unspecified atom stereocenters. The molecule has 23 heavy (non-hydrogen) atoms. The number of pyridine rings is 1. The predicted molar refractivity (Wildman–Crippen MR) is 81.8 cm³/mol. The van der Waals surface area contributed by atoms with E-state index < -0.39 is 0 Å². The van der Waals surface area contributed by atoms with Gasteiger partial charge in [-0.05, 0) is 30.7 Å². The minimum Gasteiger partial charge on any atom is -0.504 e. The average Bonchev–Trinajstić information content (AvgIpc) is 3.18. The van der Waals surface area contributed by atoms with Crippen molar-refractivity contribution in [1.82, 2.24) is 20.2 Å². The number of hydrogen-bond donors (Lipinski definition) is 2. The smallest absolute Gasteiger partial charge is 0.215 e. The molecular weight excluding hydrogens is 296 g/mol. The van der Waals surface area contributed by atoms with E-state index in [0.717, 1.165) is 11.6 Å². The Labute approximate surface area is 131 Å². The Morgan fingerprint density at radius 3 is 2.87 bits per heavy atom. The van der Waals surface area contributed by atoms with Gasteiger partial charge in [-0.15, -0.1) is 0 Å². The third kappa shape index (κ3) is 3.34. The second-order valence-corrected chi connectivity index (χ2v) is 4.94. The number of aliphatic hydroxyl groups is 1. The maximum absolute atomic E-state index is 12.4.